The molecule has 1 aliphatic heterocycles. The molecule has 10 heavy (non-hydrogen) atoms. The van der Waals surface area contributed by atoms with Crippen LogP contribution in [-0.4, -0.2) is 13.2 Å². The van der Waals surface area contributed by atoms with Gasteiger partial charge in [-0.3, -0.25) is 0 Å². The summed E-state index contributed by atoms with van der Waals surface area (Å²) in [6.45, 7) is 8.12. The van der Waals surface area contributed by atoms with Gasteiger partial charge >= 0.3 is 0 Å². The van der Waals surface area contributed by atoms with Gasteiger partial charge in [-0.25, -0.2) is 0 Å². The Morgan fingerprint density at radius 2 is 2.10 bits per heavy atom. The molecule has 1 aliphatic rings. The summed E-state index contributed by atoms with van der Waals surface area (Å²) in [6, 6.07) is 0. The van der Waals surface area contributed by atoms with Crippen molar-refractivity contribution in [2.75, 3.05) is 13.2 Å². The molecule has 0 spiro atoms. The van der Waals surface area contributed by atoms with Crippen LogP contribution in [0.25, 0.3) is 0 Å². The molecule has 0 unspecified atom stereocenters. The first-order valence-electron chi connectivity index (χ1n) is 4.20. The molecule has 0 saturated carbocycles. The zero-order valence-corrected chi connectivity index (χ0v) is 6.86. The van der Waals surface area contributed by atoms with Crippen molar-refractivity contribution in [3.05, 3.63) is 6.92 Å². The van der Waals surface area contributed by atoms with Gasteiger partial charge in [0.1, 0.15) is 0 Å². The van der Waals surface area contributed by atoms with E-state index in [0.29, 0.717) is 5.41 Å². The summed E-state index contributed by atoms with van der Waals surface area (Å²) >= 11 is 0. The molecule has 0 atom stereocenters. The van der Waals surface area contributed by atoms with E-state index in [9.17, 15) is 0 Å². The van der Waals surface area contributed by atoms with Crippen molar-refractivity contribution in [2.45, 2.75) is 32.6 Å². The summed E-state index contributed by atoms with van der Waals surface area (Å²) in [5.41, 5.74) is 0.301. The first-order chi connectivity index (χ1) is 4.77. The molecular weight excluding hydrogens is 124 g/mol. The smallest absolute Gasteiger partial charge is 0.0544 e. The summed E-state index contributed by atoms with van der Waals surface area (Å²) < 4.78 is 5.11. The van der Waals surface area contributed by atoms with Crippen molar-refractivity contribution in [2.24, 2.45) is 5.41 Å². The van der Waals surface area contributed by atoms with Gasteiger partial charge in [0.25, 0.3) is 0 Å². The van der Waals surface area contributed by atoms with E-state index in [1.807, 2.05) is 0 Å². The predicted octanol–water partition coefficient (Wildman–Crippen LogP) is 2.42. The minimum atomic E-state index is 0.301. The zero-order valence-electron chi connectivity index (χ0n) is 6.86. The van der Waals surface area contributed by atoms with Crippen LogP contribution in [-0.2, 0) is 4.74 Å². The van der Waals surface area contributed by atoms with Gasteiger partial charge in [-0.1, -0.05) is 26.2 Å². The standard InChI is InChI=1S/C9H17O/c1-3-4-5-6-9(2)7-10-8-9/h2-8H2,1H3. The molecule has 0 amide bonds. The van der Waals surface area contributed by atoms with Crippen LogP contribution in [0.4, 0.5) is 0 Å². The predicted molar refractivity (Wildman–Crippen MR) is 42.8 cm³/mol. The minimum absolute atomic E-state index is 0.301. The van der Waals surface area contributed by atoms with Crippen LogP contribution in [0.15, 0.2) is 0 Å². The molecule has 1 fully saturated rings. The number of hydrogen-bond acceptors (Lipinski definition) is 1. The average Bonchev–Trinajstić information content (AvgIpc) is 1.85. The minimum Gasteiger partial charge on any atom is -0.380 e. The Bertz CT molecular complexity index is 94.9. The van der Waals surface area contributed by atoms with Crippen molar-refractivity contribution in [1.82, 2.24) is 0 Å². The Labute approximate surface area is 63.8 Å². The Balaban J connectivity index is 2.01. The second kappa shape index (κ2) is 3.38. The number of rotatable bonds is 4. The summed E-state index contributed by atoms with van der Waals surface area (Å²) in [7, 11) is 0. The van der Waals surface area contributed by atoms with Gasteiger partial charge in [0.2, 0.25) is 0 Å². The summed E-state index contributed by atoms with van der Waals surface area (Å²) in [5, 5.41) is 0. The van der Waals surface area contributed by atoms with Crippen LogP contribution in [0.5, 0.6) is 0 Å². The van der Waals surface area contributed by atoms with Crippen LogP contribution in [0.1, 0.15) is 32.6 Å². The molecule has 0 bridgehead atoms. The molecule has 0 N–H and O–H groups in total. The van der Waals surface area contributed by atoms with Crippen LogP contribution in [0.3, 0.4) is 0 Å². The second-order valence-corrected chi connectivity index (χ2v) is 3.45. The van der Waals surface area contributed by atoms with E-state index in [0.717, 1.165) is 13.2 Å². The second-order valence-electron chi connectivity index (χ2n) is 3.45. The van der Waals surface area contributed by atoms with E-state index in [1.165, 1.54) is 25.7 Å². The maximum absolute atomic E-state index is 5.11. The number of unbranched alkanes of at least 4 members (excludes halogenated alkanes) is 2. The van der Waals surface area contributed by atoms with E-state index in [1.54, 1.807) is 0 Å². The Kier molecular flexibility index (Phi) is 2.72. The van der Waals surface area contributed by atoms with Gasteiger partial charge < -0.3 is 4.74 Å². The summed E-state index contributed by atoms with van der Waals surface area (Å²) in [5.74, 6) is 0. The average molecular weight is 141 g/mol. The van der Waals surface area contributed by atoms with E-state index in [-0.39, 0.29) is 0 Å². The van der Waals surface area contributed by atoms with E-state index >= 15 is 0 Å². The quantitative estimate of drug-likeness (QED) is 0.546. The maximum atomic E-state index is 5.11. The Hall–Kier alpha value is -0.0400. The molecule has 0 aromatic carbocycles. The lowest BCUT2D eigenvalue weighted by Crippen LogP contribution is -2.39. The Morgan fingerprint density at radius 3 is 2.50 bits per heavy atom. The van der Waals surface area contributed by atoms with Gasteiger partial charge in [-0.05, 0) is 13.3 Å². The van der Waals surface area contributed by atoms with E-state index in [2.05, 4.69) is 13.8 Å². The number of hydrogen-bond donors (Lipinski definition) is 0. The molecule has 1 heterocycles. The molecule has 0 aromatic rings. The normalized spacial score (nSPS) is 22.2. The SMILES string of the molecule is [CH2]C1(CCCCC)COC1. The van der Waals surface area contributed by atoms with Crippen LogP contribution < -0.4 is 0 Å². The molecule has 1 nitrogen and oxygen atoms in total. The van der Waals surface area contributed by atoms with Crippen LogP contribution in [0.2, 0.25) is 0 Å². The lowest BCUT2D eigenvalue weighted by Gasteiger charge is -2.38. The molecule has 0 aliphatic carbocycles. The molecule has 59 valence electrons. The molecule has 0 aromatic heterocycles. The van der Waals surface area contributed by atoms with Crippen molar-refractivity contribution in [3.63, 3.8) is 0 Å². The third-order valence-corrected chi connectivity index (χ3v) is 2.13. The molecule has 1 radical (unpaired) electrons. The highest BCUT2D eigenvalue weighted by atomic mass is 16.5. The van der Waals surface area contributed by atoms with Gasteiger partial charge in [-0.15, -0.1) is 0 Å². The van der Waals surface area contributed by atoms with Crippen LogP contribution >= 0.6 is 0 Å². The molecule has 1 heteroatoms. The monoisotopic (exact) mass is 141 g/mol. The topological polar surface area (TPSA) is 9.23 Å². The van der Waals surface area contributed by atoms with Gasteiger partial charge in [0, 0.05) is 5.41 Å². The fourth-order valence-corrected chi connectivity index (χ4v) is 1.29. The molecule has 1 rings (SSSR count). The third-order valence-electron chi connectivity index (χ3n) is 2.13. The first kappa shape index (κ1) is 8.06. The lowest BCUT2D eigenvalue weighted by molar-refractivity contribution is -0.0892. The van der Waals surface area contributed by atoms with Gasteiger partial charge in [-0.2, -0.15) is 0 Å². The molecule has 1 saturated heterocycles. The fraction of sp³-hybridized carbons (Fsp3) is 0.889. The van der Waals surface area contributed by atoms with Crippen molar-refractivity contribution in [3.8, 4) is 0 Å². The van der Waals surface area contributed by atoms with Gasteiger partial charge in [0.15, 0.2) is 0 Å². The fourth-order valence-electron chi connectivity index (χ4n) is 1.29. The maximum Gasteiger partial charge on any atom is 0.0544 e. The zero-order chi connectivity index (χ0) is 7.45. The van der Waals surface area contributed by atoms with Gasteiger partial charge in [0.05, 0.1) is 13.2 Å². The Morgan fingerprint density at radius 1 is 1.40 bits per heavy atom. The lowest BCUT2D eigenvalue weighted by atomic mass is 9.83. The van der Waals surface area contributed by atoms with E-state index in [4.69, 9.17) is 4.74 Å². The largest absolute Gasteiger partial charge is 0.380 e. The highest BCUT2D eigenvalue weighted by Gasteiger charge is 2.32. The highest BCUT2D eigenvalue weighted by molar-refractivity contribution is 4.87. The van der Waals surface area contributed by atoms with Crippen molar-refractivity contribution >= 4 is 0 Å². The summed E-state index contributed by atoms with van der Waals surface area (Å²) in [6.07, 6.45) is 5.22. The van der Waals surface area contributed by atoms with E-state index < -0.39 is 0 Å². The van der Waals surface area contributed by atoms with Crippen LogP contribution in [0, 0.1) is 12.3 Å². The first-order valence-corrected chi connectivity index (χ1v) is 4.20. The van der Waals surface area contributed by atoms with Crippen molar-refractivity contribution in [1.29, 1.82) is 0 Å². The third kappa shape index (κ3) is 1.98. The van der Waals surface area contributed by atoms with Crippen molar-refractivity contribution < 1.29 is 4.74 Å². The summed E-state index contributed by atoms with van der Waals surface area (Å²) in [4.78, 5) is 0. The number of ether oxygens (including phenoxy) is 1. The molecular formula is C9H17O. The highest BCUT2D eigenvalue weighted by Crippen LogP contribution is 2.31.